The zero-order chi connectivity index (χ0) is 22.2. The van der Waals surface area contributed by atoms with Gasteiger partial charge in [-0.1, -0.05) is 24.3 Å². The molecule has 0 aliphatic carbocycles. The fraction of sp³-hybridized carbons (Fsp3) is 0.385. The number of anilines is 1. The van der Waals surface area contributed by atoms with E-state index in [4.69, 9.17) is 9.15 Å². The summed E-state index contributed by atoms with van der Waals surface area (Å²) in [6.07, 6.45) is 2.71. The Morgan fingerprint density at radius 1 is 1.06 bits per heavy atom. The highest BCUT2D eigenvalue weighted by Gasteiger charge is 2.34. The van der Waals surface area contributed by atoms with E-state index >= 15 is 0 Å². The van der Waals surface area contributed by atoms with E-state index < -0.39 is 6.10 Å². The third-order valence-corrected chi connectivity index (χ3v) is 6.68. The molecule has 2 aliphatic rings. The summed E-state index contributed by atoms with van der Waals surface area (Å²) < 4.78 is 11.7. The summed E-state index contributed by atoms with van der Waals surface area (Å²) in [6, 6.07) is 13.4. The Hall–Kier alpha value is -3.28. The third kappa shape index (κ3) is 3.74. The zero-order valence-corrected chi connectivity index (χ0v) is 18.6. The molecule has 32 heavy (non-hydrogen) atoms. The van der Waals surface area contributed by atoms with Gasteiger partial charge in [-0.05, 0) is 61.9 Å². The number of hydrogen-bond acceptors (Lipinski definition) is 5. The second-order valence-corrected chi connectivity index (χ2v) is 8.82. The van der Waals surface area contributed by atoms with Gasteiger partial charge in [0.2, 0.25) is 0 Å². The number of nitrogens with zero attached hydrogens (tertiary/aromatic N) is 2. The topological polar surface area (TPSA) is 63.0 Å². The lowest BCUT2D eigenvalue weighted by Gasteiger charge is -2.38. The van der Waals surface area contributed by atoms with Crippen LogP contribution in [0.15, 0.2) is 51.7 Å². The number of ether oxygens (including phenoxy) is 1. The van der Waals surface area contributed by atoms with E-state index in [2.05, 4.69) is 11.0 Å². The Morgan fingerprint density at radius 2 is 1.84 bits per heavy atom. The fourth-order valence-corrected chi connectivity index (χ4v) is 4.76. The number of aryl methyl sites for hydroxylation is 2. The van der Waals surface area contributed by atoms with Crippen LogP contribution in [0.25, 0.3) is 11.0 Å². The summed E-state index contributed by atoms with van der Waals surface area (Å²) in [5.74, 6) is 0.751. The predicted molar refractivity (Wildman–Crippen MR) is 124 cm³/mol. The summed E-state index contributed by atoms with van der Waals surface area (Å²) in [5.41, 5.74) is 4.16. The SMILES string of the molecule is Cc1ccc2c(CN3C[C@@H](C(=O)N4CCCCC4)Oc4ccccc43)cc(=O)oc2c1C. The van der Waals surface area contributed by atoms with Crippen molar-refractivity contribution in [2.75, 3.05) is 24.5 Å². The molecule has 166 valence electrons. The number of carbonyl (C=O) groups is 1. The van der Waals surface area contributed by atoms with E-state index in [0.29, 0.717) is 24.4 Å². The molecule has 0 spiro atoms. The number of benzene rings is 2. The molecule has 0 radical (unpaired) electrons. The van der Waals surface area contributed by atoms with Crippen molar-refractivity contribution in [3.63, 3.8) is 0 Å². The lowest BCUT2D eigenvalue weighted by molar-refractivity contribution is -0.139. The second-order valence-electron chi connectivity index (χ2n) is 8.82. The van der Waals surface area contributed by atoms with Gasteiger partial charge in [-0.25, -0.2) is 4.79 Å². The Morgan fingerprint density at radius 3 is 2.66 bits per heavy atom. The molecule has 2 aromatic carbocycles. The standard InChI is InChI=1S/C26H28N2O4/c1-17-10-11-20-19(14-24(29)32-25(20)18(17)2)15-28-16-23(26(30)27-12-6-3-7-13-27)31-22-9-5-4-8-21(22)28/h4-5,8-11,14,23H,3,6-7,12-13,15-16H2,1-2H3/t23-/m0/s1. The van der Waals surface area contributed by atoms with Crippen LogP contribution in [0.4, 0.5) is 5.69 Å². The molecule has 6 nitrogen and oxygen atoms in total. The fourth-order valence-electron chi connectivity index (χ4n) is 4.76. The summed E-state index contributed by atoms with van der Waals surface area (Å²) in [7, 11) is 0. The lowest BCUT2D eigenvalue weighted by atomic mass is 10.0. The average molecular weight is 433 g/mol. The highest BCUT2D eigenvalue weighted by atomic mass is 16.5. The summed E-state index contributed by atoms with van der Waals surface area (Å²) in [6.45, 7) is 6.51. The number of piperidine rings is 1. The number of rotatable bonds is 3. The van der Waals surface area contributed by atoms with Crippen molar-refractivity contribution >= 4 is 22.6 Å². The normalized spacial score (nSPS) is 18.4. The first-order valence-corrected chi connectivity index (χ1v) is 11.3. The van der Waals surface area contributed by atoms with Gasteiger partial charge in [-0.3, -0.25) is 4.79 Å². The first-order valence-electron chi connectivity index (χ1n) is 11.3. The molecule has 0 saturated carbocycles. The van der Waals surface area contributed by atoms with Gasteiger partial charge in [0.1, 0.15) is 11.3 Å². The van der Waals surface area contributed by atoms with Crippen LogP contribution in [0.2, 0.25) is 0 Å². The Labute approximate surface area is 187 Å². The summed E-state index contributed by atoms with van der Waals surface area (Å²) in [5, 5.41) is 0.926. The Kier molecular flexibility index (Phi) is 5.37. The van der Waals surface area contributed by atoms with Crippen LogP contribution >= 0.6 is 0 Å². The number of para-hydroxylation sites is 2. The quantitative estimate of drug-likeness (QED) is 0.581. The lowest BCUT2D eigenvalue weighted by Crippen LogP contribution is -2.51. The van der Waals surface area contributed by atoms with Crippen molar-refractivity contribution in [3.05, 3.63) is 69.6 Å². The van der Waals surface area contributed by atoms with E-state index in [-0.39, 0.29) is 11.5 Å². The highest BCUT2D eigenvalue weighted by Crippen LogP contribution is 2.35. The number of hydrogen-bond donors (Lipinski definition) is 0. The molecular weight excluding hydrogens is 404 g/mol. The van der Waals surface area contributed by atoms with Crippen molar-refractivity contribution in [3.8, 4) is 5.75 Å². The van der Waals surface area contributed by atoms with Gasteiger partial charge in [0.25, 0.3) is 5.91 Å². The van der Waals surface area contributed by atoms with Crippen molar-refractivity contribution in [2.24, 2.45) is 0 Å². The minimum absolute atomic E-state index is 0.0492. The molecule has 1 saturated heterocycles. The molecule has 3 aromatic rings. The first-order chi connectivity index (χ1) is 15.5. The Balaban J connectivity index is 1.51. The minimum atomic E-state index is -0.557. The van der Waals surface area contributed by atoms with E-state index in [0.717, 1.165) is 53.7 Å². The molecule has 6 heteroatoms. The van der Waals surface area contributed by atoms with E-state index in [1.54, 1.807) is 6.07 Å². The van der Waals surface area contributed by atoms with Gasteiger partial charge in [0.15, 0.2) is 6.10 Å². The number of amides is 1. The molecule has 0 bridgehead atoms. The molecule has 1 aromatic heterocycles. The third-order valence-electron chi connectivity index (χ3n) is 6.68. The zero-order valence-electron chi connectivity index (χ0n) is 18.6. The smallest absolute Gasteiger partial charge is 0.336 e. The van der Waals surface area contributed by atoms with E-state index in [9.17, 15) is 9.59 Å². The van der Waals surface area contributed by atoms with Crippen LogP contribution < -0.4 is 15.3 Å². The van der Waals surface area contributed by atoms with Gasteiger partial charge in [0, 0.05) is 31.1 Å². The van der Waals surface area contributed by atoms with Crippen LogP contribution in [-0.4, -0.2) is 36.5 Å². The predicted octanol–water partition coefficient (Wildman–Crippen LogP) is 4.19. The van der Waals surface area contributed by atoms with Gasteiger partial charge in [0.05, 0.1) is 12.2 Å². The molecule has 1 fully saturated rings. The molecule has 0 unspecified atom stereocenters. The Bertz CT molecular complexity index is 1230. The molecule has 1 amide bonds. The summed E-state index contributed by atoms with van der Waals surface area (Å²) in [4.78, 5) is 29.7. The second kappa shape index (κ2) is 8.34. The number of likely N-dealkylation sites (tertiary alicyclic amines) is 1. The summed E-state index contributed by atoms with van der Waals surface area (Å²) >= 11 is 0. The largest absolute Gasteiger partial charge is 0.477 e. The first kappa shape index (κ1) is 20.6. The van der Waals surface area contributed by atoms with Crippen LogP contribution in [0, 0.1) is 13.8 Å². The highest BCUT2D eigenvalue weighted by molar-refractivity contribution is 5.85. The van der Waals surface area contributed by atoms with Gasteiger partial charge in [-0.2, -0.15) is 0 Å². The van der Waals surface area contributed by atoms with Crippen molar-refractivity contribution < 1.29 is 13.9 Å². The molecule has 0 N–H and O–H groups in total. The van der Waals surface area contributed by atoms with Crippen molar-refractivity contribution in [1.82, 2.24) is 4.90 Å². The van der Waals surface area contributed by atoms with Gasteiger partial charge < -0.3 is 19.0 Å². The van der Waals surface area contributed by atoms with E-state index in [1.807, 2.05) is 49.1 Å². The molecule has 3 heterocycles. The van der Waals surface area contributed by atoms with E-state index in [1.165, 1.54) is 6.42 Å². The van der Waals surface area contributed by atoms with Gasteiger partial charge in [-0.15, -0.1) is 0 Å². The molecule has 5 rings (SSSR count). The molecule has 2 aliphatic heterocycles. The maximum Gasteiger partial charge on any atom is 0.336 e. The van der Waals surface area contributed by atoms with Crippen LogP contribution in [0.5, 0.6) is 5.75 Å². The maximum atomic E-state index is 13.2. The molecule has 1 atom stereocenters. The van der Waals surface area contributed by atoms with Gasteiger partial charge >= 0.3 is 5.63 Å². The minimum Gasteiger partial charge on any atom is -0.477 e. The monoisotopic (exact) mass is 432 g/mol. The number of carbonyl (C=O) groups excluding carboxylic acids is 1. The number of fused-ring (bicyclic) bond motifs is 2. The van der Waals surface area contributed by atoms with Crippen molar-refractivity contribution in [1.29, 1.82) is 0 Å². The van der Waals surface area contributed by atoms with Crippen LogP contribution in [0.1, 0.15) is 36.0 Å². The van der Waals surface area contributed by atoms with Crippen LogP contribution in [0.3, 0.4) is 0 Å². The maximum absolute atomic E-state index is 13.2. The average Bonchev–Trinajstić information content (AvgIpc) is 2.81. The molecular formula is C26H28N2O4. The van der Waals surface area contributed by atoms with Crippen LogP contribution in [-0.2, 0) is 11.3 Å². The van der Waals surface area contributed by atoms with Crippen molar-refractivity contribution in [2.45, 2.75) is 45.8 Å².